The minimum Gasteiger partial charge on any atom is -0.493 e. The molecule has 0 aromatic heterocycles. The molecule has 0 amide bonds. The number of ether oxygens (including phenoxy) is 1. The van der Waals surface area contributed by atoms with Crippen LogP contribution in [0, 0.1) is 0 Å². The maximum Gasteiger partial charge on any atom is 0.307 e. The molecule has 122 valence electrons. The molecule has 0 atom stereocenters. The average Bonchev–Trinajstić information content (AvgIpc) is 2.45. The van der Waals surface area contributed by atoms with Crippen molar-refractivity contribution in [1.29, 1.82) is 0 Å². The van der Waals surface area contributed by atoms with E-state index in [-0.39, 0.29) is 11.8 Å². The fourth-order valence-corrected chi connectivity index (χ4v) is 2.33. The SMILES string of the molecule is CCCOc1ccc(/C(=C/CC(=O)O)CC)cc1C(C)(C)C. The first-order valence-corrected chi connectivity index (χ1v) is 7.98. The standard InChI is InChI=1S/C19H28O3/c1-6-12-22-17-10-8-15(13-16(17)19(3,4)5)14(7-2)9-11-18(20)21/h8-10,13H,6-7,11-12H2,1-5H3,(H,20,21)/b14-9+. The van der Waals surface area contributed by atoms with Crippen molar-refractivity contribution in [2.24, 2.45) is 0 Å². The third-order valence-corrected chi connectivity index (χ3v) is 3.52. The molecule has 1 aromatic rings. The normalized spacial score (nSPS) is 12.3. The largest absolute Gasteiger partial charge is 0.493 e. The molecule has 0 saturated heterocycles. The number of benzene rings is 1. The molecule has 22 heavy (non-hydrogen) atoms. The van der Waals surface area contributed by atoms with Crippen LogP contribution in [0.15, 0.2) is 24.3 Å². The molecule has 0 unspecified atom stereocenters. The lowest BCUT2D eigenvalue weighted by molar-refractivity contribution is -0.135. The second-order valence-corrected chi connectivity index (χ2v) is 6.49. The van der Waals surface area contributed by atoms with E-state index in [0.717, 1.165) is 35.3 Å². The Balaban J connectivity index is 3.22. The van der Waals surface area contributed by atoms with Gasteiger partial charge in [0, 0.05) is 5.56 Å². The van der Waals surface area contributed by atoms with Crippen molar-refractivity contribution < 1.29 is 14.6 Å². The maximum absolute atomic E-state index is 10.8. The van der Waals surface area contributed by atoms with Crippen molar-refractivity contribution in [1.82, 2.24) is 0 Å². The molecule has 1 N–H and O–H groups in total. The Morgan fingerprint density at radius 1 is 1.27 bits per heavy atom. The lowest BCUT2D eigenvalue weighted by Crippen LogP contribution is -2.14. The van der Waals surface area contributed by atoms with Gasteiger partial charge >= 0.3 is 5.97 Å². The molecule has 0 spiro atoms. The summed E-state index contributed by atoms with van der Waals surface area (Å²) in [6.45, 7) is 11.3. The Hall–Kier alpha value is -1.77. The number of hydrogen-bond acceptors (Lipinski definition) is 2. The molecular formula is C19H28O3. The first-order valence-electron chi connectivity index (χ1n) is 7.98. The average molecular weight is 304 g/mol. The van der Waals surface area contributed by atoms with Crippen molar-refractivity contribution in [3.63, 3.8) is 0 Å². The van der Waals surface area contributed by atoms with Crippen LogP contribution in [-0.4, -0.2) is 17.7 Å². The second-order valence-electron chi connectivity index (χ2n) is 6.49. The Morgan fingerprint density at radius 2 is 1.95 bits per heavy atom. The van der Waals surface area contributed by atoms with Crippen LogP contribution in [0.2, 0.25) is 0 Å². The summed E-state index contributed by atoms with van der Waals surface area (Å²) in [6.07, 6.45) is 3.65. The Bertz CT molecular complexity index is 536. The molecule has 0 fully saturated rings. The fourth-order valence-electron chi connectivity index (χ4n) is 2.33. The molecule has 0 radical (unpaired) electrons. The zero-order chi connectivity index (χ0) is 16.8. The monoisotopic (exact) mass is 304 g/mol. The molecule has 0 aliphatic heterocycles. The number of aliphatic carboxylic acids is 1. The lowest BCUT2D eigenvalue weighted by Gasteiger charge is -2.24. The topological polar surface area (TPSA) is 46.5 Å². The predicted octanol–water partition coefficient (Wildman–Crippen LogP) is 5.04. The van der Waals surface area contributed by atoms with Gasteiger partial charge in [0.15, 0.2) is 0 Å². The van der Waals surface area contributed by atoms with Crippen LogP contribution in [0.5, 0.6) is 5.75 Å². The van der Waals surface area contributed by atoms with E-state index in [0.29, 0.717) is 6.61 Å². The summed E-state index contributed by atoms with van der Waals surface area (Å²) in [7, 11) is 0. The molecule has 0 heterocycles. The minimum absolute atomic E-state index is 0.0231. The maximum atomic E-state index is 10.8. The third-order valence-electron chi connectivity index (χ3n) is 3.52. The van der Waals surface area contributed by atoms with E-state index < -0.39 is 5.97 Å². The van der Waals surface area contributed by atoms with E-state index in [2.05, 4.69) is 33.8 Å². The van der Waals surface area contributed by atoms with Gasteiger partial charge in [-0.3, -0.25) is 4.79 Å². The van der Waals surface area contributed by atoms with E-state index in [1.807, 2.05) is 19.1 Å². The van der Waals surface area contributed by atoms with Gasteiger partial charge in [-0.25, -0.2) is 0 Å². The van der Waals surface area contributed by atoms with Gasteiger partial charge in [-0.05, 0) is 41.5 Å². The number of rotatable bonds is 7. The minimum atomic E-state index is -0.801. The van der Waals surface area contributed by atoms with Gasteiger partial charge in [-0.1, -0.05) is 46.8 Å². The van der Waals surface area contributed by atoms with E-state index in [9.17, 15) is 4.79 Å². The van der Waals surface area contributed by atoms with Crippen LogP contribution >= 0.6 is 0 Å². The molecule has 1 rings (SSSR count). The van der Waals surface area contributed by atoms with Gasteiger partial charge < -0.3 is 9.84 Å². The van der Waals surface area contributed by atoms with E-state index in [4.69, 9.17) is 9.84 Å². The molecule has 1 aromatic carbocycles. The molecule has 0 bridgehead atoms. The third kappa shape index (κ3) is 5.21. The first kappa shape index (κ1) is 18.3. The smallest absolute Gasteiger partial charge is 0.307 e. The number of hydrogen-bond donors (Lipinski definition) is 1. The van der Waals surface area contributed by atoms with Crippen molar-refractivity contribution >= 4 is 11.5 Å². The highest BCUT2D eigenvalue weighted by atomic mass is 16.5. The van der Waals surface area contributed by atoms with Crippen molar-refractivity contribution in [3.8, 4) is 5.75 Å². The highest BCUT2D eigenvalue weighted by Gasteiger charge is 2.20. The number of carbonyl (C=O) groups is 1. The van der Waals surface area contributed by atoms with Gasteiger partial charge in [0.2, 0.25) is 0 Å². The summed E-state index contributed by atoms with van der Waals surface area (Å²) < 4.78 is 5.87. The van der Waals surface area contributed by atoms with Crippen LogP contribution in [0.25, 0.3) is 5.57 Å². The summed E-state index contributed by atoms with van der Waals surface area (Å²) in [5, 5.41) is 8.87. The van der Waals surface area contributed by atoms with Crippen LogP contribution in [0.4, 0.5) is 0 Å². The van der Waals surface area contributed by atoms with Gasteiger partial charge in [-0.15, -0.1) is 0 Å². The number of carboxylic acids is 1. The number of allylic oxidation sites excluding steroid dienone is 1. The molecule has 0 aliphatic rings. The summed E-state index contributed by atoms with van der Waals surface area (Å²) >= 11 is 0. The van der Waals surface area contributed by atoms with E-state index in [1.165, 1.54) is 0 Å². The first-order chi connectivity index (χ1) is 10.3. The van der Waals surface area contributed by atoms with Gasteiger partial charge in [-0.2, -0.15) is 0 Å². The molecular weight excluding hydrogens is 276 g/mol. The van der Waals surface area contributed by atoms with Crippen molar-refractivity contribution in [2.45, 2.75) is 59.3 Å². The van der Waals surface area contributed by atoms with Crippen LogP contribution in [0.3, 0.4) is 0 Å². The van der Waals surface area contributed by atoms with Gasteiger partial charge in [0.25, 0.3) is 0 Å². The quantitative estimate of drug-likeness (QED) is 0.767. The molecule has 0 aliphatic carbocycles. The van der Waals surface area contributed by atoms with Crippen molar-refractivity contribution in [2.75, 3.05) is 6.61 Å². The highest BCUT2D eigenvalue weighted by molar-refractivity contribution is 5.74. The fraction of sp³-hybridized carbons (Fsp3) is 0.526. The van der Waals surface area contributed by atoms with E-state index >= 15 is 0 Å². The Morgan fingerprint density at radius 3 is 2.45 bits per heavy atom. The molecule has 3 nitrogen and oxygen atoms in total. The lowest BCUT2D eigenvalue weighted by atomic mass is 9.84. The highest BCUT2D eigenvalue weighted by Crippen LogP contribution is 2.34. The van der Waals surface area contributed by atoms with Crippen LogP contribution in [-0.2, 0) is 10.2 Å². The zero-order valence-electron chi connectivity index (χ0n) is 14.4. The van der Waals surface area contributed by atoms with Crippen LogP contribution < -0.4 is 4.74 Å². The van der Waals surface area contributed by atoms with Crippen molar-refractivity contribution in [3.05, 3.63) is 35.4 Å². The summed E-state index contributed by atoms with van der Waals surface area (Å²) in [6, 6.07) is 6.18. The Kier molecular flexibility index (Phi) is 6.66. The van der Waals surface area contributed by atoms with Gasteiger partial charge in [0.05, 0.1) is 13.0 Å². The second kappa shape index (κ2) is 8.02. The predicted molar refractivity (Wildman–Crippen MR) is 91.4 cm³/mol. The summed E-state index contributed by atoms with van der Waals surface area (Å²) in [4.78, 5) is 10.8. The Labute approximate surface area is 134 Å². The summed E-state index contributed by atoms with van der Waals surface area (Å²) in [5.74, 6) is 0.122. The molecule has 3 heteroatoms. The van der Waals surface area contributed by atoms with Gasteiger partial charge in [0.1, 0.15) is 5.75 Å². The summed E-state index contributed by atoms with van der Waals surface area (Å²) in [5.41, 5.74) is 3.28. The van der Waals surface area contributed by atoms with Crippen LogP contribution in [0.1, 0.15) is 65.0 Å². The number of carboxylic acid groups (broad SMARTS) is 1. The molecule has 0 saturated carbocycles. The van der Waals surface area contributed by atoms with E-state index in [1.54, 1.807) is 6.08 Å². The zero-order valence-corrected chi connectivity index (χ0v) is 14.4.